The lowest BCUT2D eigenvalue weighted by Crippen LogP contribution is -2.60. The molecule has 4 aliphatic rings. The van der Waals surface area contributed by atoms with E-state index in [9.17, 15) is 5.11 Å². The van der Waals surface area contributed by atoms with Gasteiger partial charge in [-0.05, 0) is 107 Å². The van der Waals surface area contributed by atoms with E-state index in [-0.39, 0.29) is 11.6 Å². The van der Waals surface area contributed by atoms with Gasteiger partial charge in [-0.1, -0.05) is 52.4 Å². The Morgan fingerprint density at radius 3 is 2.17 bits per heavy atom. The average molecular weight is 418 g/mol. The van der Waals surface area contributed by atoms with Gasteiger partial charge >= 0.3 is 0 Å². The van der Waals surface area contributed by atoms with Crippen LogP contribution in [0.1, 0.15) is 130 Å². The van der Waals surface area contributed by atoms with Crippen molar-refractivity contribution < 1.29 is 5.11 Å². The van der Waals surface area contributed by atoms with Gasteiger partial charge in [0.25, 0.3) is 0 Å². The molecular formula is C28H51NO. The Balaban J connectivity index is 1.72. The van der Waals surface area contributed by atoms with Crippen LogP contribution < -0.4 is 5.32 Å². The molecule has 0 aromatic carbocycles. The highest BCUT2D eigenvalue weighted by molar-refractivity contribution is 5.12. The predicted octanol–water partition coefficient (Wildman–Crippen LogP) is 7.24. The first-order chi connectivity index (χ1) is 14.3. The molecule has 0 radical (unpaired) electrons. The fraction of sp³-hybridized carbons (Fsp3) is 1.00. The molecule has 30 heavy (non-hydrogen) atoms. The van der Waals surface area contributed by atoms with Crippen molar-refractivity contribution in [2.24, 2.45) is 29.1 Å². The van der Waals surface area contributed by atoms with Gasteiger partial charge in [0.15, 0.2) is 0 Å². The normalized spacial score (nSPS) is 50.5. The van der Waals surface area contributed by atoms with Crippen molar-refractivity contribution in [1.82, 2.24) is 5.32 Å². The number of hydrogen-bond donors (Lipinski definition) is 2. The molecule has 2 saturated heterocycles. The summed E-state index contributed by atoms with van der Waals surface area (Å²) in [6.45, 7) is 10.3. The number of hydrogen-bond acceptors (Lipinski definition) is 2. The number of fused-ring (bicyclic) bond motifs is 4. The summed E-state index contributed by atoms with van der Waals surface area (Å²) in [7, 11) is 0. The molecule has 174 valence electrons. The molecule has 0 spiro atoms. The molecule has 4 fully saturated rings. The summed E-state index contributed by atoms with van der Waals surface area (Å²) >= 11 is 0. The first-order valence-corrected chi connectivity index (χ1v) is 13.8. The molecule has 2 aliphatic carbocycles. The highest BCUT2D eigenvalue weighted by Crippen LogP contribution is 2.59. The van der Waals surface area contributed by atoms with Crippen molar-refractivity contribution in [2.75, 3.05) is 0 Å². The van der Waals surface area contributed by atoms with E-state index >= 15 is 0 Å². The summed E-state index contributed by atoms with van der Waals surface area (Å²) in [5.74, 6) is 3.35. The van der Waals surface area contributed by atoms with Gasteiger partial charge in [-0.15, -0.1) is 0 Å². The fourth-order valence-corrected chi connectivity index (χ4v) is 8.94. The second-order valence-electron chi connectivity index (χ2n) is 12.7. The van der Waals surface area contributed by atoms with Crippen molar-refractivity contribution in [1.29, 1.82) is 0 Å². The number of nitrogens with one attached hydrogen (secondary N) is 1. The van der Waals surface area contributed by atoms with Crippen LogP contribution >= 0.6 is 0 Å². The Labute approximate surface area is 187 Å². The highest BCUT2D eigenvalue weighted by Gasteiger charge is 2.57. The Morgan fingerprint density at radius 2 is 1.47 bits per heavy atom. The van der Waals surface area contributed by atoms with Crippen molar-refractivity contribution in [3.8, 4) is 0 Å². The standard InChI is InChI=1S/C28H51NO/c1-5-28(19-22-14-16-23(30)17-15-22)20-27(4)21(2)11-7-6-10-18-26(3,29-27)24-12-8-9-13-25(24)28/h21-25,29-30H,5-20H2,1-4H3/t21?,22?,23?,24?,25?,26-,27-,28-/m1/s1. The number of aliphatic hydroxyl groups excluding tert-OH is 1. The fourth-order valence-electron chi connectivity index (χ4n) is 8.94. The molecule has 2 heteroatoms. The van der Waals surface area contributed by atoms with Gasteiger partial charge in [0, 0.05) is 11.1 Å². The summed E-state index contributed by atoms with van der Waals surface area (Å²) in [4.78, 5) is 0. The van der Waals surface area contributed by atoms with Gasteiger partial charge in [0.2, 0.25) is 0 Å². The zero-order chi connectivity index (χ0) is 21.4. The van der Waals surface area contributed by atoms with Crippen LogP contribution in [0, 0.1) is 29.1 Å². The molecule has 2 N–H and O–H groups in total. The summed E-state index contributed by atoms with van der Waals surface area (Å²) in [5.41, 5.74) is 1.07. The smallest absolute Gasteiger partial charge is 0.0540 e. The third-order valence-electron chi connectivity index (χ3n) is 10.8. The van der Waals surface area contributed by atoms with E-state index in [4.69, 9.17) is 0 Å². The maximum atomic E-state index is 10.1. The van der Waals surface area contributed by atoms with Crippen molar-refractivity contribution >= 4 is 0 Å². The SMILES string of the molecule is CC[C@@]1(CC2CCC(O)CC2)C[C@@]2(C)N[C@](C)(CCCCCC2C)C2CCCCC21. The van der Waals surface area contributed by atoms with Crippen LogP contribution in [0.15, 0.2) is 0 Å². The quantitative estimate of drug-likeness (QED) is 0.507. The molecule has 3 unspecified atom stereocenters. The summed E-state index contributed by atoms with van der Waals surface area (Å²) in [5, 5.41) is 14.6. The van der Waals surface area contributed by atoms with Crippen molar-refractivity contribution in [3.63, 3.8) is 0 Å². The zero-order valence-electron chi connectivity index (χ0n) is 20.6. The Morgan fingerprint density at radius 1 is 0.800 bits per heavy atom. The maximum Gasteiger partial charge on any atom is 0.0540 e. The first kappa shape index (κ1) is 23.1. The molecule has 0 amide bonds. The highest BCUT2D eigenvalue weighted by atomic mass is 16.3. The van der Waals surface area contributed by atoms with E-state index < -0.39 is 0 Å². The molecular weight excluding hydrogens is 366 g/mol. The van der Waals surface area contributed by atoms with Gasteiger partial charge in [0.05, 0.1) is 6.10 Å². The Kier molecular flexibility index (Phi) is 6.96. The van der Waals surface area contributed by atoms with E-state index in [1.165, 1.54) is 89.9 Å². The van der Waals surface area contributed by atoms with Gasteiger partial charge < -0.3 is 10.4 Å². The molecule has 2 nitrogen and oxygen atoms in total. The maximum absolute atomic E-state index is 10.1. The van der Waals surface area contributed by atoms with Gasteiger partial charge in [-0.25, -0.2) is 0 Å². The van der Waals surface area contributed by atoms with Crippen LogP contribution in [0.2, 0.25) is 0 Å². The molecule has 0 aromatic heterocycles. The van der Waals surface area contributed by atoms with Crippen LogP contribution in [0.4, 0.5) is 0 Å². The largest absolute Gasteiger partial charge is 0.393 e. The minimum atomic E-state index is -0.0245. The molecule has 4 rings (SSSR count). The van der Waals surface area contributed by atoms with Gasteiger partial charge in [-0.2, -0.15) is 0 Å². The van der Waals surface area contributed by atoms with Crippen molar-refractivity contribution in [3.05, 3.63) is 0 Å². The topological polar surface area (TPSA) is 32.3 Å². The molecule has 6 atom stereocenters. The number of rotatable bonds is 3. The van der Waals surface area contributed by atoms with E-state index in [0.29, 0.717) is 11.0 Å². The summed E-state index contributed by atoms with van der Waals surface area (Å²) in [6, 6.07) is 0. The third kappa shape index (κ3) is 4.39. The lowest BCUT2D eigenvalue weighted by atomic mass is 9.53. The van der Waals surface area contributed by atoms with E-state index in [2.05, 4.69) is 33.0 Å². The van der Waals surface area contributed by atoms with Crippen LogP contribution in [0.25, 0.3) is 0 Å². The molecule has 2 heterocycles. The lowest BCUT2D eigenvalue weighted by molar-refractivity contribution is -0.00646. The molecule has 0 aromatic rings. The summed E-state index contributed by atoms with van der Waals surface area (Å²) in [6.07, 6.45) is 21.6. The molecule has 2 saturated carbocycles. The van der Waals surface area contributed by atoms with Crippen LogP contribution in [0.3, 0.4) is 0 Å². The Bertz CT molecular complexity index is 569. The van der Waals surface area contributed by atoms with Crippen molar-refractivity contribution in [2.45, 2.75) is 148 Å². The van der Waals surface area contributed by atoms with Crippen LogP contribution in [-0.4, -0.2) is 22.3 Å². The minimum absolute atomic E-state index is 0.0245. The van der Waals surface area contributed by atoms with E-state index in [1.54, 1.807) is 0 Å². The lowest BCUT2D eigenvalue weighted by Gasteiger charge is -2.51. The molecule has 2 bridgehead atoms. The molecule has 2 aliphatic heterocycles. The van der Waals surface area contributed by atoms with Gasteiger partial charge in [0.1, 0.15) is 0 Å². The van der Waals surface area contributed by atoms with E-state index in [0.717, 1.165) is 36.5 Å². The summed E-state index contributed by atoms with van der Waals surface area (Å²) < 4.78 is 0. The average Bonchev–Trinajstić information content (AvgIpc) is 2.77. The van der Waals surface area contributed by atoms with Crippen LogP contribution in [0.5, 0.6) is 0 Å². The van der Waals surface area contributed by atoms with Crippen LogP contribution in [-0.2, 0) is 0 Å². The minimum Gasteiger partial charge on any atom is -0.393 e. The van der Waals surface area contributed by atoms with Gasteiger partial charge in [-0.3, -0.25) is 0 Å². The Hall–Kier alpha value is -0.0800. The predicted molar refractivity (Wildman–Crippen MR) is 128 cm³/mol. The number of aliphatic hydroxyl groups is 1. The first-order valence-electron chi connectivity index (χ1n) is 13.8. The second-order valence-corrected chi connectivity index (χ2v) is 12.7. The zero-order valence-corrected chi connectivity index (χ0v) is 20.6. The second kappa shape index (κ2) is 9.05. The monoisotopic (exact) mass is 417 g/mol. The third-order valence-corrected chi connectivity index (χ3v) is 10.8. The van der Waals surface area contributed by atoms with E-state index in [1.807, 2.05) is 0 Å².